The van der Waals surface area contributed by atoms with Crippen LogP contribution < -0.4 is 4.74 Å². The Morgan fingerprint density at radius 2 is 1.89 bits per heavy atom. The van der Waals surface area contributed by atoms with Gasteiger partial charge in [-0.1, -0.05) is 36.4 Å². The molecule has 2 aromatic carbocycles. The van der Waals surface area contributed by atoms with E-state index in [-0.39, 0.29) is 24.3 Å². The molecule has 0 radical (unpaired) electrons. The smallest absolute Gasteiger partial charge is 0.293 e. The van der Waals surface area contributed by atoms with Crippen LogP contribution in [0.4, 0.5) is 4.79 Å². The van der Waals surface area contributed by atoms with Crippen molar-refractivity contribution in [3.05, 3.63) is 71.0 Å². The number of hydrogen-bond donors (Lipinski definition) is 0. The minimum Gasteiger partial charge on any atom is -0.491 e. The zero-order valence-corrected chi connectivity index (χ0v) is 15.5. The van der Waals surface area contributed by atoms with Gasteiger partial charge in [0, 0.05) is 11.5 Å². The molecule has 2 heterocycles. The van der Waals surface area contributed by atoms with Gasteiger partial charge in [-0.05, 0) is 42.3 Å². The second-order valence-corrected chi connectivity index (χ2v) is 7.10. The summed E-state index contributed by atoms with van der Waals surface area (Å²) < 4.78 is 11.3. The fourth-order valence-electron chi connectivity index (χ4n) is 2.92. The van der Waals surface area contributed by atoms with Crippen LogP contribution in [0.15, 0.2) is 63.9 Å². The van der Waals surface area contributed by atoms with Crippen molar-refractivity contribution in [3.63, 3.8) is 0 Å². The van der Waals surface area contributed by atoms with E-state index in [4.69, 9.17) is 9.15 Å². The van der Waals surface area contributed by atoms with Crippen molar-refractivity contribution >= 4 is 39.8 Å². The first-order valence-electron chi connectivity index (χ1n) is 8.54. The Morgan fingerprint density at radius 3 is 2.70 bits per heavy atom. The molecule has 4 rings (SSSR count). The van der Waals surface area contributed by atoms with Crippen LogP contribution in [0.25, 0.3) is 16.8 Å². The summed E-state index contributed by atoms with van der Waals surface area (Å²) in [6.07, 6.45) is 1.60. The molecule has 0 saturated carbocycles. The average Bonchev–Trinajstić information content (AvgIpc) is 3.19. The molecule has 1 fully saturated rings. The van der Waals surface area contributed by atoms with E-state index < -0.39 is 0 Å². The standard InChI is InChI=1S/C21H17NO4S/c1-14-9-10-16(26-14)13-19-20(23)22(21(24)27-19)11-12-25-18-8-4-6-15-5-2-3-7-17(15)18/h2-10,13H,11-12H2,1H3/b19-13-. The monoisotopic (exact) mass is 379 g/mol. The number of amides is 2. The first kappa shape index (κ1) is 17.4. The van der Waals surface area contributed by atoms with E-state index in [1.807, 2.05) is 55.5 Å². The van der Waals surface area contributed by atoms with Crippen molar-refractivity contribution in [1.82, 2.24) is 4.90 Å². The topological polar surface area (TPSA) is 59.8 Å². The molecule has 1 aliphatic heterocycles. The van der Waals surface area contributed by atoms with Crippen LogP contribution in [0.5, 0.6) is 5.75 Å². The van der Waals surface area contributed by atoms with Crippen molar-refractivity contribution in [2.75, 3.05) is 13.2 Å². The Balaban J connectivity index is 1.43. The maximum Gasteiger partial charge on any atom is 0.293 e. The minimum absolute atomic E-state index is 0.197. The second kappa shape index (κ2) is 7.32. The van der Waals surface area contributed by atoms with E-state index in [9.17, 15) is 9.59 Å². The summed E-state index contributed by atoms with van der Waals surface area (Å²) in [7, 11) is 0. The SMILES string of the molecule is Cc1ccc(/C=C2\SC(=O)N(CCOc3cccc4ccccc34)C2=O)o1. The number of imide groups is 1. The molecule has 5 nitrogen and oxygen atoms in total. The Hall–Kier alpha value is -2.99. The van der Waals surface area contributed by atoms with E-state index in [0.717, 1.165) is 34.0 Å². The van der Waals surface area contributed by atoms with E-state index in [0.29, 0.717) is 10.7 Å². The van der Waals surface area contributed by atoms with Crippen LogP contribution in [0.3, 0.4) is 0 Å². The van der Waals surface area contributed by atoms with Gasteiger partial charge in [0.2, 0.25) is 0 Å². The van der Waals surface area contributed by atoms with Gasteiger partial charge in [-0.3, -0.25) is 14.5 Å². The zero-order valence-electron chi connectivity index (χ0n) is 14.7. The predicted molar refractivity (Wildman–Crippen MR) is 106 cm³/mol. The van der Waals surface area contributed by atoms with E-state index in [1.54, 1.807) is 12.1 Å². The number of ether oxygens (including phenoxy) is 1. The Morgan fingerprint density at radius 1 is 1.07 bits per heavy atom. The number of rotatable bonds is 5. The lowest BCUT2D eigenvalue weighted by molar-refractivity contribution is -0.123. The molecule has 2 amide bonds. The third-order valence-electron chi connectivity index (χ3n) is 4.23. The average molecular weight is 379 g/mol. The van der Waals surface area contributed by atoms with Crippen LogP contribution >= 0.6 is 11.8 Å². The minimum atomic E-state index is -0.319. The van der Waals surface area contributed by atoms with Gasteiger partial charge in [0.1, 0.15) is 23.9 Å². The first-order valence-corrected chi connectivity index (χ1v) is 9.36. The largest absolute Gasteiger partial charge is 0.491 e. The number of carbonyl (C=O) groups excluding carboxylic acids is 2. The molecular weight excluding hydrogens is 362 g/mol. The fourth-order valence-corrected chi connectivity index (χ4v) is 3.77. The summed E-state index contributed by atoms with van der Waals surface area (Å²) in [6, 6.07) is 17.3. The summed E-state index contributed by atoms with van der Waals surface area (Å²) in [5, 5.41) is 1.79. The molecule has 1 aliphatic rings. The number of hydrogen-bond acceptors (Lipinski definition) is 5. The lowest BCUT2D eigenvalue weighted by atomic mass is 10.1. The molecule has 1 aromatic heterocycles. The van der Waals surface area contributed by atoms with Gasteiger partial charge in [0.05, 0.1) is 11.4 Å². The lowest BCUT2D eigenvalue weighted by Gasteiger charge is -2.14. The van der Waals surface area contributed by atoms with Crippen molar-refractivity contribution in [1.29, 1.82) is 0 Å². The molecule has 1 saturated heterocycles. The highest BCUT2D eigenvalue weighted by atomic mass is 32.2. The van der Waals surface area contributed by atoms with Gasteiger partial charge in [0.25, 0.3) is 11.1 Å². The maximum atomic E-state index is 12.5. The second-order valence-electron chi connectivity index (χ2n) is 6.11. The van der Waals surface area contributed by atoms with E-state index in [2.05, 4.69) is 0 Å². The third kappa shape index (κ3) is 3.61. The number of benzene rings is 2. The Bertz CT molecular complexity index is 1050. The Kier molecular flexibility index (Phi) is 4.73. The van der Waals surface area contributed by atoms with E-state index in [1.165, 1.54) is 4.90 Å². The van der Waals surface area contributed by atoms with Gasteiger partial charge >= 0.3 is 0 Å². The van der Waals surface area contributed by atoms with Crippen LogP contribution in [0.1, 0.15) is 11.5 Å². The molecule has 6 heteroatoms. The number of carbonyl (C=O) groups is 2. The molecule has 136 valence electrons. The van der Waals surface area contributed by atoms with Gasteiger partial charge in [0.15, 0.2) is 0 Å². The maximum absolute atomic E-state index is 12.5. The molecule has 0 bridgehead atoms. The highest BCUT2D eigenvalue weighted by molar-refractivity contribution is 8.18. The molecule has 0 unspecified atom stereocenters. The molecule has 0 aliphatic carbocycles. The van der Waals surface area contributed by atoms with Crippen LogP contribution in [0.2, 0.25) is 0 Å². The van der Waals surface area contributed by atoms with Gasteiger partial charge in [-0.15, -0.1) is 0 Å². The summed E-state index contributed by atoms with van der Waals surface area (Å²) in [6.45, 7) is 2.26. The molecular formula is C21H17NO4S. The van der Waals surface area contributed by atoms with Crippen LogP contribution in [-0.2, 0) is 4.79 Å². The number of thioether (sulfide) groups is 1. The van der Waals surface area contributed by atoms with Gasteiger partial charge in [-0.25, -0.2) is 0 Å². The molecule has 0 atom stereocenters. The lowest BCUT2D eigenvalue weighted by Crippen LogP contribution is -2.32. The van der Waals surface area contributed by atoms with Crippen LogP contribution in [0, 0.1) is 6.92 Å². The first-order chi connectivity index (χ1) is 13.1. The predicted octanol–water partition coefficient (Wildman–Crippen LogP) is 4.86. The van der Waals surface area contributed by atoms with Crippen molar-refractivity contribution in [2.45, 2.75) is 6.92 Å². The highest BCUT2D eigenvalue weighted by Gasteiger charge is 2.35. The summed E-state index contributed by atoms with van der Waals surface area (Å²) >= 11 is 0.918. The van der Waals surface area contributed by atoms with Gasteiger partial charge < -0.3 is 9.15 Å². The number of furan rings is 1. The summed E-state index contributed by atoms with van der Waals surface area (Å²) in [5.41, 5.74) is 0. The Labute approximate surface area is 160 Å². The number of aryl methyl sites for hydroxylation is 1. The third-order valence-corrected chi connectivity index (χ3v) is 5.14. The molecule has 27 heavy (non-hydrogen) atoms. The van der Waals surface area contributed by atoms with Crippen molar-refractivity contribution < 1.29 is 18.7 Å². The molecule has 0 spiro atoms. The number of nitrogens with zero attached hydrogens (tertiary/aromatic N) is 1. The zero-order chi connectivity index (χ0) is 18.8. The summed E-state index contributed by atoms with van der Waals surface area (Å²) in [4.78, 5) is 26.3. The van der Waals surface area contributed by atoms with E-state index >= 15 is 0 Å². The molecule has 3 aromatic rings. The highest BCUT2D eigenvalue weighted by Crippen LogP contribution is 2.32. The summed E-state index contributed by atoms with van der Waals surface area (Å²) in [5.74, 6) is 1.73. The van der Waals surface area contributed by atoms with Crippen LogP contribution in [-0.4, -0.2) is 29.2 Å². The van der Waals surface area contributed by atoms with Gasteiger partial charge in [-0.2, -0.15) is 0 Å². The quantitative estimate of drug-likeness (QED) is 0.593. The molecule has 0 N–H and O–H groups in total. The fraction of sp³-hybridized carbons (Fsp3) is 0.143. The number of fused-ring (bicyclic) bond motifs is 1. The van der Waals surface area contributed by atoms with Crippen molar-refractivity contribution in [2.24, 2.45) is 0 Å². The normalized spacial score (nSPS) is 15.9. The van der Waals surface area contributed by atoms with Crippen molar-refractivity contribution in [3.8, 4) is 5.75 Å².